The Morgan fingerprint density at radius 2 is 2.38 bits per heavy atom. The normalized spacial score (nSPS) is 16.9. The number of carbonyl (C=O) groups excluding carboxylic acids is 1. The third-order valence-corrected chi connectivity index (χ3v) is 3.67. The van der Waals surface area contributed by atoms with Crippen LogP contribution in [0.5, 0.6) is 5.75 Å². The predicted molar refractivity (Wildman–Crippen MR) is 79.4 cm³/mol. The first-order valence-electron chi connectivity index (χ1n) is 7.00. The third kappa shape index (κ3) is 2.99. The van der Waals surface area contributed by atoms with Crippen molar-refractivity contribution in [3.05, 3.63) is 41.7 Å². The van der Waals surface area contributed by atoms with Gasteiger partial charge in [0.25, 0.3) is 0 Å². The van der Waals surface area contributed by atoms with Crippen molar-refractivity contribution in [2.75, 3.05) is 12.4 Å². The van der Waals surface area contributed by atoms with Crippen molar-refractivity contribution in [1.82, 2.24) is 15.5 Å². The SMILES string of the molecule is COc1cccc(NC(=O)N[C@H]2CCCc3cn[nH]c32)c1. The smallest absolute Gasteiger partial charge is 0.319 e. The highest BCUT2D eigenvalue weighted by Crippen LogP contribution is 2.27. The zero-order chi connectivity index (χ0) is 14.7. The number of aromatic amines is 1. The summed E-state index contributed by atoms with van der Waals surface area (Å²) in [5.74, 6) is 0.710. The van der Waals surface area contributed by atoms with Crippen LogP contribution in [-0.4, -0.2) is 23.3 Å². The van der Waals surface area contributed by atoms with Crippen molar-refractivity contribution < 1.29 is 9.53 Å². The van der Waals surface area contributed by atoms with Gasteiger partial charge >= 0.3 is 6.03 Å². The fraction of sp³-hybridized carbons (Fsp3) is 0.333. The maximum Gasteiger partial charge on any atom is 0.319 e. The average molecular weight is 286 g/mol. The van der Waals surface area contributed by atoms with Crippen molar-refractivity contribution in [2.45, 2.75) is 25.3 Å². The summed E-state index contributed by atoms with van der Waals surface area (Å²) in [6, 6.07) is 7.04. The highest BCUT2D eigenvalue weighted by Gasteiger charge is 2.23. The van der Waals surface area contributed by atoms with E-state index >= 15 is 0 Å². The second kappa shape index (κ2) is 5.87. The molecule has 1 aromatic carbocycles. The molecule has 2 amide bonds. The second-order valence-electron chi connectivity index (χ2n) is 5.08. The number of benzene rings is 1. The molecule has 1 aromatic heterocycles. The molecule has 0 fully saturated rings. The van der Waals surface area contributed by atoms with Crippen molar-refractivity contribution >= 4 is 11.7 Å². The summed E-state index contributed by atoms with van der Waals surface area (Å²) in [5.41, 5.74) is 2.91. The topological polar surface area (TPSA) is 79.0 Å². The van der Waals surface area contributed by atoms with E-state index in [2.05, 4.69) is 20.8 Å². The second-order valence-corrected chi connectivity index (χ2v) is 5.08. The number of H-pyrrole nitrogens is 1. The number of nitrogens with zero attached hydrogens (tertiary/aromatic N) is 1. The van der Waals surface area contributed by atoms with Gasteiger partial charge in [-0.15, -0.1) is 0 Å². The maximum atomic E-state index is 12.1. The van der Waals surface area contributed by atoms with Crippen LogP contribution >= 0.6 is 0 Å². The Morgan fingerprint density at radius 1 is 1.48 bits per heavy atom. The largest absolute Gasteiger partial charge is 0.497 e. The number of rotatable bonds is 3. The van der Waals surface area contributed by atoms with Gasteiger partial charge in [0, 0.05) is 11.8 Å². The Balaban J connectivity index is 1.65. The Hall–Kier alpha value is -2.50. The minimum Gasteiger partial charge on any atom is -0.497 e. The van der Waals surface area contributed by atoms with Gasteiger partial charge in [0.05, 0.1) is 25.0 Å². The van der Waals surface area contributed by atoms with E-state index in [1.165, 1.54) is 5.56 Å². The molecule has 0 saturated heterocycles. The number of methoxy groups -OCH3 is 1. The van der Waals surface area contributed by atoms with Crippen molar-refractivity contribution in [1.29, 1.82) is 0 Å². The maximum absolute atomic E-state index is 12.1. The zero-order valence-corrected chi connectivity index (χ0v) is 11.8. The molecule has 1 heterocycles. The van der Waals surface area contributed by atoms with Gasteiger partial charge < -0.3 is 15.4 Å². The summed E-state index contributed by atoms with van der Waals surface area (Å²) in [4.78, 5) is 12.1. The molecule has 21 heavy (non-hydrogen) atoms. The standard InChI is InChI=1S/C15H18N4O2/c1-21-12-6-3-5-11(8-12)17-15(20)18-13-7-2-4-10-9-16-19-14(10)13/h3,5-6,8-9,13H,2,4,7H2,1H3,(H,16,19)(H2,17,18,20)/t13-/m0/s1. The first kappa shape index (κ1) is 13.5. The fourth-order valence-electron chi connectivity index (χ4n) is 2.63. The fourth-order valence-corrected chi connectivity index (χ4v) is 2.63. The lowest BCUT2D eigenvalue weighted by atomic mass is 9.94. The number of ether oxygens (including phenoxy) is 1. The van der Waals surface area contributed by atoms with Gasteiger partial charge in [-0.1, -0.05) is 6.07 Å². The van der Waals surface area contributed by atoms with Crippen LogP contribution in [0, 0.1) is 0 Å². The van der Waals surface area contributed by atoms with Crippen LogP contribution < -0.4 is 15.4 Å². The molecule has 0 saturated carbocycles. The lowest BCUT2D eigenvalue weighted by Crippen LogP contribution is -2.34. The van der Waals surface area contributed by atoms with Crippen LogP contribution in [0.4, 0.5) is 10.5 Å². The van der Waals surface area contributed by atoms with Gasteiger partial charge in [-0.25, -0.2) is 4.79 Å². The van der Waals surface area contributed by atoms with Gasteiger partial charge in [0.15, 0.2) is 0 Å². The molecule has 1 aliphatic rings. The van der Waals surface area contributed by atoms with Crippen LogP contribution in [0.3, 0.4) is 0 Å². The summed E-state index contributed by atoms with van der Waals surface area (Å²) in [6.45, 7) is 0. The number of amides is 2. The van der Waals surface area contributed by atoms with Gasteiger partial charge in [0.2, 0.25) is 0 Å². The summed E-state index contributed by atoms with van der Waals surface area (Å²) < 4.78 is 5.14. The molecule has 110 valence electrons. The first-order chi connectivity index (χ1) is 10.3. The van der Waals surface area contributed by atoms with Gasteiger partial charge in [0.1, 0.15) is 5.75 Å². The van der Waals surface area contributed by atoms with E-state index in [1.807, 2.05) is 24.4 Å². The van der Waals surface area contributed by atoms with Crippen molar-refractivity contribution in [2.24, 2.45) is 0 Å². The Bertz CT molecular complexity index is 638. The summed E-state index contributed by atoms with van der Waals surface area (Å²) in [7, 11) is 1.60. The van der Waals surface area contributed by atoms with Crippen LogP contribution in [0.25, 0.3) is 0 Å². The highest BCUT2D eigenvalue weighted by molar-refractivity contribution is 5.89. The Morgan fingerprint density at radius 3 is 3.24 bits per heavy atom. The van der Waals surface area contributed by atoms with E-state index in [9.17, 15) is 4.79 Å². The number of hydrogen-bond donors (Lipinski definition) is 3. The molecule has 0 aliphatic heterocycles. The third-order valence-electron chi connectivity index (χ3n) is 3.67. The number of hydrogen-bond acceptors (Lipinski definition) is 3. The minimum absolute atomic E-state index is 0.0122. The number of fused-ring (bicyclic) bond motifs is 1. The number of aryl methyl sites for hydroxylation is 1. The molecule has 1 atom stereocenters. The zero-order valence-electron chi connectivity index (χ0n) is 11.8. The van der Waals surface area contributed by atoms with Crippen molar-refractivity contribution in [3.8, 4) is 5.75 Å². The van der Waals surface area contributed by atoms with E-state index in [1.54, 1.807) is 13.2 Å². The predicted octanol–water partition coefficient (Wildman–Crippen LogP) is 2.62. The molecule has 3 rings (SSSR count). The van der Waals surface area contributed by atoms with Crippen LogP contribution in [-0.2, 0) is 6.42 Å². The molecular weight excluding hydrogens is 268 g/mol. The van der Waals surface area contributed by atoms with Crippen molar-refractivity contribution in [3.63, 3.8) is 0 Å². The summed E-state index contributed by atoms with van der Waals surface area (Å²) in [6.07, 6.45) is 4.82. The molecule has 6 nitrogen and oxygen atoms in total. The molecule has 6 heteroatoms. The minimum atomic E-state index is -0.226. The molecule has 0 bridgehead atoms. The number of urea groups is 1. The highest BCUT2D eigenvalue weighted by atomic mass is 16.5. The number of anilines is 1. The molecule has 0 radical (unpaired) electrons. The van der Waals surface area contributed by atoms with E-state index in [0.29, 0.717) is 11.4 Å². The molecule has 1 aliphatic carbocycles. The number of nitrogens with one attached hydrogen (secondary N) is 3. The van der Waals surface area contributed by atoms with Crippen LogP contribution in [0.1, 0.15) is 30.1 Å². The van der Waals surface area contributed by atoms with E-state index in [0.717, 1.165) is 25.0 Å². The molecule has 2 aromatic rings. The van der Waals surface area contributed by atoms with Gasteiger partial charge in [-0.05, 0) is 37.0 Å². The first-order valence-corrected chi connectivity index (χ1v) is 7.00. The molecule has 3 N–H and O–H groups in total. The number of aromatic nitrogens is 2. The van der Waals surface area contributed by atoms with Gasteiger partial charge in [-0.3, -0.25) is 5.10 Å². The molecule has 0 unspecified atom stereocenters. The lowest BCUT2D eigenvalue weighted by molar-refractivity contribution is 0.247. The summed E-state index contributed by atoms with van der Waals surface area (Å²) >= 11 is 0. The van der Waals surface area contributed by atoms with E-state index < -0.39 is 0 Å². The molecular formula is C15H18N4O2. The molecule has 0 spiro atoms. The Labute approximate surface area is 122 Å². The van der Waals surface area contributed by atoms with Gasteiger partial charge in [-0.2, -0.15) is 5.10 Å². The average Bonchev–Trinajstić information content (AvgIpc) is 2.97. The lowest BCUT2D eigenvalue weighted by Gasteiger charge is -2.23. The van der Waals surface area contributed by atoms with Crippen LogP contribution in [0.2, 0.25) is 0 Å². The quantitative estimate of drug-likeness (QED) is 0.811. The number of carbonyl (C=O) groups is 1. The van der Waals surface area contributed by atoms with Crippen LogP contribution in [0.15, 0.2) is 30.5 Å². The summed E-state index contributed by atoms with van der Waals surface area (Å²) in [5, 5.41) is 12.8. The monoisotopic (exact) mass is 286 g/mol. The van der Waals surface area contributed by atoms with E-state index in [-0.39, 0.29) is 12.1 Å². The Kier molecular flexibility index (Phi) is 3.77. The van der Waals surface area contributed by atoms with E-state index in [4.69, 9.17) is 4.74 Å².